The Morgan fingerprint density at radius 2 is 1.70 bits per heavy atom. The number of aliphatic hydroxyl groups is 1. The molecule has 0 atom stereocenters. The average molecular weight is 303 g/mol. The standard InChI is InChI=1S/C17H26OSi2/c1-19(2,3)12-11-17(20(4,5)6)13-15-9-7-8-10-16(15)14-18/h7-10,13,18H,14H2,1-6H3/b17-13-. The summed E-state index contributed by atoms with van der Waals surface area (Å²) >= 11 is 0. The van der Waals surface area contributed by atoms with Crippen molar-refractivity contribution in [1.82, 2.24) is 0 Å². The molecule has 1 N–H and O–H groups in total. The topological polar surface area (TPSA) is 20.2 Å². The molecule has 3 heteroatoms. The molecule has 0 unspecified atom stereocenters. The van der Waals surface area contributed by atoms with Crippen molar-refractivity contribution in [3.63, 3.8) is 0 Å². The number of aliphatic hydroxyl groups excluding tert-OH is 1. The minimum Gasteiger partial charge on any atom is -0.392 e. The SMILES string of the molecule is C[Si](C)(C)C#C/C(=C/c1ccccc1CO)[Si](C)(C)C. The van der Waals surface area contributed by atoms with Gasteiger partial charge in [-0.25, -0.2) is 0 Å². The Hall–Kier alpha value is -1.09. The first kappa shape index (κ1) is 17.0. The molecule has 0 amide bonds. The fourth-order valence-electron chi connectivity index (χ4n) is 1.67. The van der Waals surface area contributed by atoms with Gasteiger partial charge < -0.3 is 5.11 Å². The van der Waals surface area contributed by atoms with E-state index in [0.29, 0.717) is 0 Å². The van der Waals surface area contributed by atoms with Crippen molar-refractivity contribution in [2.45, 2.75) is 45.9 Å². The first-order chi connectivity index (χ1) is 9.13. The van der Waals surface area contributed by atoms with E-state index >= 15 is 0 Å². The fourth-order valence-corrected chi connectivity index (χ4v) is 3.33. The summed E-state index contributed by atoms with van der Waals surface area (Å²) in [5.74, 6) is 3.45. The highest BCUT2D eigenvalue weighted by molar-refractivity contribution is 6.86. The molecule has 0 heterocycles. The second-order valence-corrected chi connectivity index (χ2v) is 17.0. The summed E-state index contributed by atoms with van der Waals surface area (Å²) in [5, 5.41) is 10.7. The summed E-state index contributed by atoms with van der Waals surface area (Å²) in [7, 11) is -2.84. The molecule has 0 aliphatic rings. The lowest BCUT2D eigenvalue weighted by Crippen LogP contribution is -2.24. The normalized spacial score (nSPS) is 12.8. The third-order valence-corrected chi connectivity index (χ3v) is 5.67. The van der Waals surface area contributed by atoms with Crippen molar-refractivity contribution in [1.29, 1.82) is 0 Å². The molecular weight excluding hydrogens is 276 g/mol. The van der Waals surface area contributed by atoms with Gasteiger partial charge in [-0.2, -0.15) is 0 Å². The predicted octanol–water partition coefficient (Wildman–Crippen LogP) is 4.32. The molecule has 20 heavy (non-hydrogen) atoms. The van der Waals surface area contributed by atoms with Gasteiger partial charge in [0.05, 0.1) is 14.7 Å². The maximum atomic E-state index is 9.45. The van der Waals surface area contributed by atoms with Gasteiger partial charge in [0.25, 0.3) is 0 Å². The van der Waals surface area contributed by atoms with Crippen molar-refractivity contribution >= 4 is 22.2 Å². The van der Waals surface area contributed by atoms with E-state index in [0.717, 1.165) is 11.1 Å². The summed E-state index contributed by atoms with van der Waals surface area (Å²) in [6.45, 7) is 13.8. The minimum absolute atomic E-state index is 0.0765. The van der Waals surface area contributed by atoms with Crippen LogP contribution >= 0.6 is 0 Å². The van der Waals surface area contributed by atoms with Gasteiger partial charge in [-0.1, -0.05) is 69.5 Å². The largest absolute Gasteiger partial charge is 0.392 e. The predicted molar refractivity (Wildman–Crippen MR) is 94.8 cm³/mol. The van der Waals surface area contributed by atoms with E-state index in [1.54, 1.807) is 0 Å². The van der Waals surface area contributed by atoms with E-state index in [4.69, 9.17) is 0 Å². The summed E-state index contributed by atoms with van der Waals surface area (Å²) < 4.78 is 0. The first-order valence-electron chi connectivity index (χ1n) is 7.07. The van der Waals surface area contributed by atoms with Gasteiger partial charge in [0.15, 0.2) is 0 Å². The molecular formula is C17H26OSi2. The minimum atomic E-state index is -1.48. The summed E-state index contributed by atoms with van der Waals surface area (Å²) in [6, 6.07) is 8.01. The molecule has 0 aromatic heterocycles. The molecule has 1 aromatic carbocycles. The number of hydrogen-bond acceptors (Lipinski definition) is 1. The quantitative estimate of drug-likeness (QED) is 0.651. The zero-order chi connectivity index (χ0) is 15.4. The van der Waals surface area contributed by atoms with Crippen LogP contribution in [0.2, 0.25) is 39.3 Å². The van der Waals surface area contributed by atoms with E-state index in [1.807, 2.05) is 18.2 Å². The Morgan fingerprint density at radius 1 is 1.10 bits per heavy atom. The van der Waals surface area contributed by atoms with Crippen LogP contribution in [-0.4, -0.2) is 21.3 Å². The molecule has 0 aliphatic heterocycles. The molecule has 0 saturated heterocycles. The third kappa shape index (κ3) is 5.50. The highest BCUT2D eigenvalue weighted by Gasteiger charge is 2.19. The van der Waals surface area contributed by atoms with Crippen LogP contribution in [0.15, 0.2) is 29.5 Å². The average Bonchev–Trinajstić information content (AvgIpc) is 2.32. The van der Waals surface area contributed by atoms with Crippen LogP contribution < -0.4 is 0 Å². The zero-order valence-corrected chi connectivity index (χ0v) is 15.5. The maximum Gasteiger partial charge on any atom is 0.129 e. The van der Waals surface area contributed by atoms with Gasteiger partial charge in [0.1, 0.15) is 8.07 Å². The molecule has 0 fully saturated rings. The fraction of sp³-hybridized carbons (Fsp3) is 0.412. The van der Waals surface area contributed by atoms with E-state index in [9.17, 15) is 5.11 Å². The lowest BCUT2D eigenvalue weighted by molar-refractivity contribution is 0.281. The van der Waals surface area contributed by atoms with Gasteiger partial charge in [0.2, 0.25) is 0 Å². The van der Waals surface area contributed by atoms with E-state index in [1.165, 1.54) is 5.20 Å². The van der Waals surface area contributed by atoms with E-state index in [2.05, 4.69) is 62.9 Å². The first-order valence-corrected chi connectivity index (χ1v) is 14.1. The second kappa shape index (κ2) is 6.58. The molecule has 0 spiro atoms. The van der Waals surface area contributed by atoms with E-state index < -0.39 is 16.1 Å². The van der Waals surface area contributed by atoms with Crippen molar-refractivity contribution in [3.05, 3.63) is 40.6 Å². The smallest absolute Gasteiger partial charge is 0.129 e. The molecule has 108 valence electrons. The Morgan fingerprint density at radius 3 is 2.20 bits per heavy atom. The monoisotopic (exact) mass is 302 g/mol. The van der Waals surface area contributed by atoms with Gasteiger partial charge in [-0.15, -0.1) is 5.54 Å². The Labute approximate surface area is 125 Å². The number of allylic oxidation sites excluding steroid dienone is 1. The highest BCUT2D eigenvalue weighted by atomic mass is 28.3. The van der Waals surface area contributed by atoms with Crippen LogP contribution in [0.4, 0.5) is 0 Å². The molecule has 1 nitrogen and oxygen atoms in total. The highest BCUT2D eigenvalue weighted by Crippen LogP contribution is 2.20. The molecule has 1 rings (SSSR count). The van der Waals surface area contributed by atoms with Crippen molar-refractivity contribution in [3.8, 4) is 11.5 Å². The second-order valence-electron chi connectivity index (χ2n) is 7.16. The third-order valence-electron chi connectivity index (χ3n) is 2.91. The summed E-state index contributed by atoms with van der Waals surface area (Å²) in [4.78, 5) is 0. The van der Waals surface area contributed by atoms with Gasteiger partial charge in [-0.3, -0.25) is 0 Å². The molecule has 0 aliphatic carbocycles. The molecule has 0 radical (unpaired) electrons. The van der Waals surface area contributed by atoms with Crippen LogP contribution in [0.25, 0.3) is 6.08 Å². The Balaban J connectivity index is 3.30. The van der Waals surface area contributed by atoms with Crippen LogP contribution in [0.1, 0.15) is 11.1 Å². The molecule has 0 bridgehead atoms. The molecule has 1 aromatic rings. The lowest BCUT2D eigenvalue weighted by atomic mass is 10.1. The summed E-state index contributed by atoms with van der Waals surface area (Å²) in [5.41, 5.74) is 5.54. The number of rotatable bonds is 3. The zero-order valence-electron chi connectivity index (χ0n) is 13.5. The van der Waals surface area contributed by atoms with Gasteiger partial charge in [0, 0.05) is 0 Å². The maximum absolute atomic E-state index is 9.45. The lowest BCUT2D eigenvalue weighted by Gasteiger charge is -2.17. The van der Waals surface area contributed by atoms with Crippen LogP contribution in [0.3, 0.4) is 0 Å². The molecule has 0 saturated carbocycles. The van der Waals surface area contributed by atoms with Crippen molar-refractivity contribution in [2.24, 2.45) is 0 Å². The van der Waals surface area contributed by atoms with Gasteiger partial charge in [-0.05, 0) is 22.4 Å². The van der Waals surface area contributed by atoms with Crippen LogP contribution in [0.5, 0.6) is 0 Å². The van der Waals surface area contributed by atoms with Crippen LogP contribution in [-0.2, 0) is 6.61 Å². The van der Waals surface area contributed by atoms with E-state index in [-0.39, 0.29) is 6.61 Å². The Kier molecular flexibility index (Phi) is 5.58. The van der Waals surface area contributed by atoms with Crippen LogP contribution in [0, 0.1) is 11.5 Å². The van der Waals surface area contributed by atoms with Gasteiger partial charge >= 0.3 is 0 Å². The Bertz CT molecular complexity index is 549. The van der Waals surface area contributed by atoms with Crippen molar-refractivity contribution in [2.75, 3.05) is 0 Å². The summed E-state index contributed by atoms with van der Waals surface area (Å²) in [6.07, 6.45) is 2.19. The van der Waals surface area contributed by atoms with Crippen molar-refractivity contribution < 1.29 is 5.11 Å². The number of hydrogen-bond donors (Lipinski definition) is 1. The number of benzene rings is 1.